The van der Waals surface area contributed by atoms with Crippen LogP contribution >= 0.6 is 0 Å². The predicted octanol–water partition coefficient (Wildman–Crippen LogP) is 3.25. The Bertz CT molecular complexity index is 1320. The van der Waals surface area contributed by atoms with Crippen molar-refractivity contribution >= 4 is 38.2 Å². The largest absolute Gasteiger partial charge is 0.372 e. The highest BCUT2D eigenvalue weighted by Crippen LogP contribution is 2.27. The van der Waals surface area contributed by atoms with E-state index in [1.807, 2.05) is 32.9 Å². The van der Waals surface area contributed by atoms with Crippen molar-refractivity contribution in [2.45, 2.75) is 50.8 Å². The highest BCUT2D eigenvalue weighted by molar-refractivity contribution is 7.92. The average Bonchev–Trinajstić information content (AvgIpc) is 3.18. The van der Waals surface area contributed by atoms with Gasteiger partial charge in [0, 0.05) is 35.9 Å². The Balaban J connectivity index is 1.54. The molecule has 0 spiro atoms. The van der Waals surface area contributed by atoms with E-state index < -0.39 is 21.5 Å². The van der Waals surface area contributed by atoms with Gasteiger partial charge in [0.1, 0.15) is 12.3 Å². The summed E-state index contributed by atoms with van der Waals surface area (Å²) in [6.07, 6.45) is 2.22. The van der Waals surface area contributed by atoms with Gasteiger partial charge in [-0.2, -0.15) is 0 Å². The van der Waals surface area contributed by atoms with E-state index in [-0.39, 0.29) is 29.6 Å². The number of ether oxygens (including phenoxy) is 1. The Morgan fingerprint density at radius 3 is 2.34 bits per heavy atom. The Labute approximate surface area is 205 Å². The van der Waals surface area contributed by atoms with E-state index in [0.717, 1.165) is 12.0 Å². The van der Waals surface area contributed by atoms with Gasteiger partial charge in [0.05, 0.1) is 17.1 Å². The first-order valence-electron chi connectivity index (χ1n) is 11.8. The first-order chi connectivity index (χ1) is 16.7. The molecule has 3 aromatic rings. The van der Waals surface area contributed by atoms with E-state index in [2.05, 4.69) is 5.32 Å². The molecule has 9 heteroatoms. The fourth-order valence-electron chi connectivity index (χ4n) is 4.49. The third-order valence-corrected chi connectivity index (χ3v) is 7.77. The van der Waals surface area contributed by atoms with Gasteiger partial charge in [-0.25, -0.2) is 8.42 Å². The number of aryl methyl sites for hydroxylation is 1. The van der Waals surface area contributed by atoms with Crippen molar-refractivity contribution in [3.8, 4) is 0 Å². The summed E-state index contributed by atoms with van der Waals surface area (Å²) in [6.45, 7) is 6.88. The number of carbonyl (C=O) groups excluding carboxylic acids is 2. The van der Waals surface area contributed by atoms with Gasteiger partial charge in [-0.3, -0.25) is 9.59 Å². The molecule has 2 heterocycles. The van der Waals surface area contributed by atoms with Crippen molar-refractivity contribution in [3.05, 3.63) is 60.3 Å². The molecule has 1 saturated heterocycles. The Kier molecular flexibility index (Phi) is 7.28. The lowest BCUT2D eigenvalue weighted by Crippen LogP contribution is -2.49. The number of aromatic nitrogens is 1. The number of sulfone groups is 1. The molecule has 0 bridgehead atoms. The van der Waals surface area contributed by atoms with Crippen molar-refractivity contribution in [3.63, 3.8) is 0 Å². The van der Waals surface area contributed by atoms with Crippen molar-refractivity contribution < 1.29 is 22.7 Å². The predicted molar refractivity (Wildman–Crippen MR) is 135 cm³/mol. The van der Waals surface area contributed by atoms with Gasteiger partial charge in [-0.05, 0) is 44.0 Å². The zero-order chi connectivity index (χ0) is 25.2. The average molecular weight is 498 g/mol. The molecule has 1 aromatic heterocycles. The Hall–Kier alpha value is -3.17. The third kappa shape index (κ3) is 5.74. The number of morpholine rings is 1. The van der Waals surface area contributed by atoms with Crippen LogP contribution in [0.2, 0.25) is 0 Å². The topological polar surface area (TPSA) is 97.7 Å². The summed E-state index contributed by atoms with van der Waals surface area (Å²) in [5.74, 6) is -1.41. The first kappa shape index (κ1) is 24.9. The maximum Gasteiger partial charge on any atom is 0.242 e. The number of benzene rings is 2. The maximum absolute atomic E-state index is 13.2. The summed E-state index contributed by atoms with van der Waals surface area (Å²) in [5.41, 5.74) is 2.30. The normalized spacial score (nSPS) is 18.5. The second-order valence-electron chi connectivity index (χ2n) is 9.05. The summed E-state index contributed by atoms with van der Waals surface area (Å²) in [6, 6.07) is 14.3. The van der Waals surface area contributed by atoms with Gasteiger partial charge in [-0.1, -0.05) is 37.3 Å². The number of nitrogens with one attached hydrogen (secondary N) is 1. The second-order valence-corrected chi connectivity index (χ2v) is 11.0. The zero-order valence-corrected chi connectivity index (χ0v) is 21.0. The molecule has 2 atom stereocenters. The van der Waals surface area contributed by atoms with Crippen LogP contribution in [-0.4, -0.2) is 60.7 Å². The number of nitrogens with zero attached hydrogens (tertiary/aromatic N) is 2. The fraction of sp³-hybridized carbons (Fsp3) is 0.385. The molecule has 1 aliphatic rings. The second kappa shape index (κ2) is 10.2. The van der Waals surface area contributed by atoms with Crippen molar-refractivity contribution in [2.24, 2.45) is 0 Å². The van der Waals surface area contributed by atoms with Gasteiger partial charge >= 0.3 is 0 Å². The summed E-state index contributed by atoms with van der Waals surface area (Å²) in [5, 5.41) is 3.15. The van der Waals surface area contributed by atoms with Crippen LogP contribution in [0, 0.1) is 0 Å². The smallest absolute Gasteiger partial charge is 0.242 e. The van der Waals surface area contributed by atoms with Crippen LogP contribution in [0.1, 0.15) is 26.3 Å². The summed E-state index contributed by atoms with van der Waals surface area (Å²) >= 11 is 0. The van der Waals surface area contributed by atoms with Crippen molar-refractivity contribution in [2.75, 3.05) is 24.2 Å². The number of para-hydroxylation sites is 1. The van der Waals surface area contributed by atoms with E-state index in [1.54, 1.807) is 45.9 Å². The monoisotopic (exact) mass is 497 g/mol. The van der Waals surface area contributed by atoms with Crippen LogP contribution in [0.4, 0.5) is 5.69 Å². The molecule has 8 nitrogen and oxygen atoms in total. The lowest BCUT2D eigenvalue weighted by molar-refractivity contribution is -0.143. The van der Waals surface area contributed by atoms with Gasteiger partial charge in [0.25, 0.3) is 0 Å². The molecule has 0 aliphatic carbocycles. The fourth-order valence-corrected chi connectivity index (χ4v) is 5.86. The summed E-state index contributed by atoms with van der Waals surface area (Å²) in [7, 11) is -3.95. The Morgan fingerprint density at radius 2 is 1.69 bits per heavy atom. The number of hydrogen-bond acceptors (Lipinski definition) is 5. The van der Waals surface area contributed by atoms with Gasteiger partial charge in [-0.15, -0.1) is 0 Å². The van der Waals surface area contributed by atoms with E-state index >= 15 is 0 Å². The molecular formula is C26H31N3O5S. The molecule has 1 fully saturated rings. The standard InChI is InChI=1S/C26H31N3O5S/c1-4-20-9-11-21(12-10-20)27-25(30)17-35(32,33)24-15-28(23-8-6-5-7-22(23)24)16-26(31)29-13-18(2)34-19(3)14-29/h5-12,15,18-19H,4,13-14,16-17H2,1-3H3,(H,27,30). The minimum absolute atomic E-state index is 0.00540. The van der Waals surface area contributed by atoms with Crippen LogP contribution in [-0.2, 0) is 37.1 Å². The third-order valence-electron chi connectivity index (χ3n) is 6.13. The number of amides is 2. The van der Waals surface area contributed by atoms with E-state index in [4.69, 9.17) is 4.74 Å². The van der Waals surface area contributed by atoms with E-state index in [0.29, 0.717) is 29.7 Å². The van der Waals surface area contributed by atoms with Crippen LogP contribution in [0.25, 0.3) is 10.9 Å². The summed E-state index contributed by atoms with van der Waals surface area (Å²) < 4.78 is 33.9. The lowest BCUT2D eigenvalue weighted by Gasteiger charge is -2.35. The summed E-state index contributed by atoms with van der Waals surface area (Å²) in [4.78, 5) is 27.4. The molecule has 4 rings (SSSR count). The lowest BCUT2D eigenvalue weighted by atomic mass is 10.1. The van der Waals surface area contributed by atoms with Gasteiger partial charge in [0.15, 0.2) is 9.84 Å². The minimum Gasteiger partial charge on any atom is -0.372 e. The highest BCUT2D eigenvalue weighted by atomic mass is 32.2. The molecular weight excluding hydrogens is 466 g/mol. The molecule has 35 heavy (non-hydrogen) atoms. The zero-order valence-electron chi connectivity index (χ0n) is 20.2. The molecule has 186 valence electrons. The quantitative estimate of drug-likeness (QED) is 0.540. The van der Waals surface area contributed by atoms with Crippen molar-refractivity contribution in [1.29, 1.82) is 0 Å². The van der Waals surface area contributed by atoms with Crippen LogP contribution < -0.4 is 5.32 Å². The molecule has 0 radical (unpaired) electrons. The molecule has 1 N–H and O–H groups in total. The van der Waals surface area contributed by atoms with Crippen LogP contribution in [0.5, 0.6) is 0 Å². The number of anilines is 1. The Morgan fingerprint density at radius 1 is 1.03 bits per heavy atom. The SMILES string of the molecule is CCc1ccc(NC(=O)CS(=O)(=O)c2cn(CC(=O)N3CC(C)OC(C)C3)c3ccccc23)cc1. The maximum atomic E-state index is 13.2. The number of rotatable bonds is 7. The molecule has 1 aliphatic heterocycles. The first-order valence-corrected chi connectivity index (χ1v) is 13.4. The number of fused-ring (bicyclic) bond motifs is 1. The number of carbonyl (C=O) groups is 2. The highest BCUT2D eigenvalue weighted by Gasteiger charge is 2.28. The molecule has 2 unspecified atom stereocenters. The molecule has 2 aromatic carbocycles. The molecule has 2 amide bonds. The van der Waals surface area contributed by atoms with E-state index in [1.165, 1.54) is 6.20 Å². The van der Waals surface area contributed by atoms with Crippen molar-refractivity contribution in [1.82, 2.24) is 9.47 Å². The van der Waals surface area contributed by atoms with Gasteiger partial charge in [0.2, 0.25) is 11.8 Å². The van der Waals surface area contributed by atoms with Crippen LogP contribution in [0.3, 0.4) is 0 Å². The van der Waals surface area contributed by atoms with Gasteiger partial charge < -0.3 is 19.5 Å². The number of hydrogen-bond donors (Lipinski definition) is 1. The minimum atomic E-state index is -3.95. The van der Waals surface area contributed by atoms with E-state index in [9.17, 15) is 18.0 Å². The molecule has 0 saturated carbocycles. The van der Waals surface area contributed by atoms with Crippen LogP contribution in [0.15, 0.2) is 59.6 Å².